The first-order valence-electron chi connectivity index (χ1n) is 14.6. The van der Waals surface area contributed by atoms with Crippen molar-refractivity contribution in [3.8, 4) is 5.75 Å². The van der Waals surface area contributed by atoms with Crippen LogP contribution in [0.5, 0.6) is 5.75 Å². The number of benzene rings is 1. The van der Waals surface area contributed by atoms with Gasteiger partial charge in [0.2, 0.25) is 5.91 Å². The van der Waals surface area contributed by atoms with Gasteiger partial charge in [0.1, 0.15) is 17.8 Å². The fourth-order valence-corrected chi connectivity index (χ4v) is 8.68. The number of rotatable bonds is 6. The number of alkyl carbamates (subject to hydrolysis) is 1. The van der Waals surface area contributed by atoms with Crippen LogP contribution in [0.2, 0.25) is 0 Å². The molecule has 2 saturated carbocycles. The highest BCUT2D eigenvalue weighted by Gasteiger charge is 2.76. The van der Waals surface area contributed by atoms with Gasteiger partial charge in [0.05, 0.1) is 24.2 Å². The van der Waals surface area contributed by atoms with Gasteiger partial charge < -0.3 is 36.2 Å². The Morgan fingerprint density at radius 3 is 2.31 bits per heavy atom. The van der Waals surface area contributed by atoms with E-state index in [2.05, 4.69) is 5.32 Å². The summed E-state index contributed by atoms with van der Waals surface area (Å²) >= 11 is 0. The molecule has 0 heterocycles. The molecule has 0 bridgehead atoms. The SMILES string of the molecule is CCOC(=O)NCc1cc(C(C)C)c2c(c1O)C(=O)[C@@H]1C(O)[C@@]3(O)C(=O)[C@H](C(N)=O)C(O)[C@H](C(C)C)[C@@]3(C)C[C@@]1(C)C2. The molecule has 42 heavy (non-hydrogen) atoms. The van der Waals surface area contributed by atoms with Crippen molar-refractivity contribution in [2.24, 2.45) is 40.2 Å². The molecule has 7 N–H and O–H groups in total. The molecule has 1 aromatic rings. The number of hydrogen-bond acceptors (Lipinski definition) is 9. The lowest BCUT2D eigenvalue weighted by molar-refractivity contribution is -0.265. The smallest absolute Gasteiger partial charge is 0.407 e. The van der Waals surface area contributed by atoms with Crippen molar-refractivity contribution in [3.63, 3.8) is 0 Å². The Balaban J connectivity index is 1.91. The van der Waals surface area contributed by atoms with Crippen molar-refractivity contribution in [1.82, 2.24) is 5.32 Å². The maximum Gasteiger partial charge on any atom is 0.407 e. The monoisotopic (exact) mass is 588 g/mol. The van der Waals surface area contributed by atoms with Crippen LogP contribution in [0, 0.1) is 34.5 Å². The second-order valence-corrected chi connectivity index (χ2v) is 13.5. The highest BCUT2D eigenvalue weighted by molar-refractivity contribution is 6.09. The molecule has 4 rings (SSSR count). The Bertz CT molecular complexity index is 1330. The molecule has 0 aromatic heterocycles. The fraction of sp³-hybridized carbons (Fsp3) is 0.677. The third-order valence-corrected chi connectivity index (χ3v) is 10.2. The number of phenolic OH excluding ortho intramolecular Hbond substituents is 1. The zero-order chi connectivity index (χ0) is 31.7. The zero-order valence-corrected chi connectivity index (χ0v) is 25.4. The number of primary amides is 1. The van der Waals surface area contributed by atoms with Crippen LogP contribution in [0.25, 0.3) is 0 Å². The molecular weight excluding hydrogens is 544 g/mol. The van der Waals surface area contributed by atoms with E-state index in [1.165, 1.54) is 0 Å². The van der Waals surface area contributed by atoms with E-state index in [-0.39, 0.29) is 54.7 Å². The van der Waals surface area contributed by atoms with Gasteiger partial charge in [-0.3, -0.25) is 14.4 Å². The molecule has 0 spiro atoms. The maximum absolute atomic E-state index is 14.4. The van der Waals surface area contributed by atoms with Crippen LogP contribution in [0.15, 0.2) is 6.07 Å². The molecule has 2 amide bonds. The average Bonchev–Trinajstić information content (AvgIpc) is 2.85. The standard InChI is InChI=1S/C31H44N2O9/c1-8-42-28(40)33-11-15-9-16(13(2)3)17-10-29(6)12-30(7)20(14(4)5)24(36)19(27(32)39)25(37)31(30,41)26(38)21(29)23(35)18(17)22(15)34/h9,13-14,19-21,24,26,34,36,38,41H,8,10-12H2,1-7H3,(H2,32,39)(H,33,40)/t19-,20+,21-,24?,26?,29-,30-,31+/m1/s1. The van der Waals surface area contributed by atoms with Crippen LogP contribution in [0.1, 0.15) is 87.9 Å². The van der Waals surface area contributed by atoms with Crippen molar-refractivity contribution in [1.29, 1.82) is 0 Å². The van der Waals surface area contributed by atoms with Gasteiger partial charge in [0, 0.05) is 17.5 Å². The highest BCUT2D eigenvalue weighted by atomic mass is 16.5. The van der Waals surface area contributed by atoms with Gasteiger partial charge in [0.25, 0.3) is 0 Å². The Kier molecular flexibility index (Phi) is 8.06. The van der Waals surface area contributed by atoms with Crippen molar-refractivity contribution in [2.75, 3.05) is 6.61 Å². The number of aliphatic hydroxyl groups is 3. The molecule has 2 unspecified atom stereocenters. The van der Waals surface area contributed by atoms with Crippen LogP contribution in [-0.4, -0.2) is 68.4 Å². The summed E-state index contributed by atoms with van der Waals surface area (Å²) < 4.78 is 4.91. The summed E-state index contributed by atoms with van der Waals surface area (Å²) in [6.07, 6.45) is -3.81. The molecule has 232 valence electrons. The minimum Gasteiger partial charge on any atom is -0.507 e. The van der Waals surface area contributed by atoms with Crippen molar-refractivity contribution >= 4 is 23.6 Å². The summed E-state index contributed by atoms with van der Waals surface area (Å²) in [6.45, 7) is 12.6. The number of amides is 2. The minimum atomic E-state index is -2.57. The second kappa shape index (κ2) is 10.6. The van der Waals surface area contributed by atoms with Crippen LogP contribution in [-0.2, 0) is 27.3 Å². The van der Waals surface area contributed by atoms with E-state index in [9.17, 15) is 39.6 Å². The number of aliphatic hydroxyl groups excluding tert-OH is 2. The number of carbonyl (C=O) groups is 4. The number of hydrogen-bond donors (Lipinski definition) is 6. The number of Topliss-reactive ketones (excluding diaryl/α,β-unsaturated/α-hetero) is 2. The summed E-state index contributed by atoms with van der Waals surface area (Å²) in [5.41, 5.74) is 2.19. The molecule has 2 fully saturated rings. The van der Waals surface area contributed by atoms with Gasteiger partial charge in [-0.2, -0.15) is 0 Å². The van der Waals surface area contributed by atoms with Crippen molar-refractivity contribution in [2.45, 2.75) is 91.6 Å². The van der Waals surface area contributed by atoms with Gasteiger partial charge in [-0.15, -0.1) is 0 Å². The lowest BCUT2D eigenvalue weighted by atomic mass is 9.39. The van der Waals surface area contributed by atoms with Crippen LogP contribution >= 0.6 is 0 Å². The minimum absolute atomic E-state index is 0.0225. The first kappa shape index (κ1) is 31.9. The highest BCUT2D eigenvalue weighted by Crippen LogP contribution is 2.66. The third-order valence-electron chi connectivity index (χ3n) is 10.2. The number of nitrogens with one attached hydrogen (secondary N) is 1. The Morgan fingerprint density at radius 1 is 1.17 bits per heavy atom. The lowest BCUT2D eigenvalue weighted by Crippen LogP contribution is -2.79. The summed E-state index contributed by atoms with van der Waals surface area (Å²) in [5, 5.41) is 49.4. The summed E-state index contributed by atoms with van der Waals surface area (Å²) in [6, 6.07) is 1.75. The van der Waals surface area contributed by atoms with E-state index in [0.717, 1.165) is 5.56 Å². The van der Waals surface area contributed by atoms with E-state index in [1.54, 1.807) is 33.8 Å². The molecule has 0 radical (unpaired) electrons. The average molecular weight is 589 g/mol. The summed E-state index contributed by atoms with van der Waals surface area (Å²) in [5.74, 6) is -7.51. The number of phenols is 1. The topological polar surface area (TPSA) is 196 Å². The van der Waals surface area contributed by atoms with E-state index >= 15 is 0 Å². The Hall–Kier alpha value is -3.02. The fourth-order valence-electron chi connectivity index (χ4n) is 8.68. The van der Waals surface area contributed by atoms with Crippen LogP contribution < -0.4 is 11.1 Å². The second-order valence-electron chi connectivity index (χ2n) is 13.5. The molecule has 11 heteroatoms. The molecule has 11 nitrogen and oxygen atoms in total. The molecule has 0 aliphatic heterocycles. The molecular formula is C31H44N2O9. The van der Waals surface area contributed by atoms with Gasteiger partial charge in [0.15, 0.2) is 17.2 Å². The summed E-state index contributed by atoms with van der Waals surface area (Å²) in [4.78, 5) is 52.6. The molecule has 8 atom stereocenters. The maximum atomic E-state index is 14.4. The normalized spacial score (nSPS) is 35.9. The zero-order valence-electron chi connectivity index (χ0n) is 25.4. The number of ether oxygens (including phenoxy) is 1. The van der Waals surface area contributed by atoms with E-state index in [1.807, 2.05) is 20.8 Å². The predicted octanol–water partition coefficient (Wildman–Crippen LogP) is 1.94. The summed E-state index contributed by atoms with van der Waals surface area (Å²) in [7, 11) is 0. The Morgan fingerprint density at radius 2 is 1.79 bits per heavy atom. The van der Waals surface area contributed by atoms with Gasteiger partial charge in [-0.05, 0) is 60.1 Å². The van der Waals surface area contributed by atoms with E-state index in [4.69, 9.17) is 10.5 Å². The van der Waals surface area contributed by atoms with E-state index < -0.39 is 70.0 Å². The third kappa shape index (κ3) is 4.34. The van der Waals surface area contributed by atoms with Gasteiger partial charge in [-0.1, -0.05) is 41.5 Å². The molecule has 1 aromatic carbocycles. The number of ketones is 2. The molecule has 3 aliphatic carbocycles. The van der Waals surface area contributed by atoms with Gasteiger partial charge in [-0.25, -0.2) is 4.79 Å². The number of fused-ring (bicyclic) bond motifs is 3. The number of nitrogens with two attached hydrogens (primary N) is 1. The van der Waals surface area contributed by atoms with Crippen LogP contribution in [0.4, 0.5) is 4.79 Å². The largest absolute Gasteiger partial charge is 0.507 e. The van der Waals surface area contributed by atoms with E-state index in [0.29, 0.717) is 5.56 Å². The molecule has 3 aliphatic rings. The Labute approximate surface area is 245 Å². The molecule has 0 saturated heterocycles. The van der Waals surface area contributed by atoms with Crippen molar-refractivity contribution in [3.05, 3.63) is 28.3 Å². The number of carbonyl (C=O) groups excluding carboxylic acids is 4. The first-order chi connectivity index (χ1) is 19.4. The van der Waals surface area contributed by atoms with Crippen LogP contribution in [0.3, 0.4) is 0 Å². The van der Waals surface area contributed by atoms with Crippen molar-refractivity contribution < 1.29 is 44.3 Å². The first-order valence-corrected chi connectivity index (χ1v) is 14.6. The quantitative estimate of drug-likeness (QED) is 0.269. The predicted molar refractivity (Wildman–Crippen MR) is 151 cm³/mol. The number of aromatic hydroxyl groups is 1. The lowest BCUT2D eigenvalue weighted by Gasteiger charge is -2.66. The van der Waals surface area contributed by atoms with Gasteiger partial charge >= 0.3 is 6.09 Å².